The lowest BCUT2D eigenvalue weighted by atomic mass is 10.2. The number of aryl methyl sites for hydroxylation is 1. The van der Waals surface area contributed by atoms with Crippen LogP contribution in [0.4, 0.5) is 5.82 Å². The van der Waals surface area contributed by atoms with Gasteiger partial charge in [0.1, 0.15) is 5.82 Å². The van der Waals surface area contributed by atoms with E-state index in [0.29, 0.717) is 5.82 Å². The summed E-state index contributed by atoms with van der Waals surface area (Å²) in [6.45, 7) is 2.21. The van der Waals surface area contributed by atoms with Gasteiger partial charge in [-0.25, -0.2) is 24.0 Å². The fourth-order valence-electron chi connectivity index (χ4n) is 1.62. The molecule has 0 aliphatic carbocycles. The monoisotopic (exact) mass is 292 g/mol. The van der Waals surface area contributed by atoms with E-state index in [2.05, 4.69) is 15.1 Å². The van der Waals surface area contributed by atoms with Gasteiger partial charge in [0.25, 0.3) is 0 Å². The molecular formula is C13H16N4O2S. The van der Waals surface area contributed by atoms with Gasteiger partial charge < -0.3 is 5.43 Å². The summed E-state index contributed by atoms with van der Waals surface area (Å²) in [4.78, 5) is 3.99. The Hall–Kier alpha value is -1.96. The Kier molecular flexibility index (Phi) is 4.33. The maximum Gasteiger partial charge on any atom is 0.241 e. The topological polar surface area (TPSA) is 97.1 Å². The van der Waals surface area contributed by atoms with Crippen molar-refractivity contribution in [3.63, 3.8) is 0 Å². The second kappa shape index (κ2) is 6.00. The molecule has 0 spiro atoms. The molecule has 0 aliphatic rings. The SMILES string of the molecule is Cc1ccc(CNS(=O)(=O)c2ccnc(NN)c2)cc1. The number of nitrogens with two attached hydrogens (primary N) is 1. The number of benzene rings is 1. The molecule has 0 amide bonds. The van der Waals surface area contributed by atoms with Crippen LogP contribution in [0.3, 0.4) is 0 Å². The highest BCUT2D eigenvalue weighted by atomic mass is 32.2. The van der Waals surface area contributed by atoms with Crippen LogP contribution in [-0.4, -0.2) is 13.4 Å². The number of anilines is 1. The van der Waals surface area contributed by atoms with Crippen LogP contribution in [-0.2, 0) is 16.6 Å². The van der Waals surface area contributed by atoms with Crippen molar-refractivity contribution in [3.8, 4) is 0 Å². The lowest BCUT2D eigenvalue weighted by molar-refractivity contribution is 0.581. The van der Waals surface area contributed by atoms with Crippen LogP contribution in [0.25, 0.3) is 0 Å². The van der Waals surface area contributed by atoms with Gasteiger partial charge in [0.05, 0.1) is 4.90 Å². The Morgan fingerprint density at radius 2 is 1.90 bits per heavy atom. The second-order valence-corrected chi connectivity index (χ2v) is 6.10. The van der Waals surface area contributed by atoms with Crippen molar-refractivity contribution >= 4 is 15.8 Å². The molecule has 1 aromatic heterocycles. The molecule has 4 N–H and O–H groups in total. The molecule has 1 heterocycles. The van der Waals surface area contributed by atoms with E-state index in [1.807, 2.05) is 31.2 Å². The third-order valence-electron chi connectivity index (χ3n) is 2.78. The molecular weight excluding hydrogens is 276 g/mol. The molecule has 7 heteroatoms. The van der Waals surface area contributed by atoms with Gasteiger partial charge in [-0.3, -0.25) is 0 Å². The Bertz CT molecular complexity index is 684. The van der Waals surface area contributed by atoms with E-state index in [0.717, 1.165) is 11.1 Å². The Morgan fingerprint density at radius 3 is 2.55 bits per heavy atom. The molecule has 0 unspecified atom stereocenters. The van der Waals surface area contributed by atoms with Crippen molar-refractivity contribution in [1.82, 2.24) is 9.71 Å². The highest BCUT2D eigenvalue weighted by Crippen LogP contribution is 2.12. The number of nitrogen functional groups attached to an aromatic ring is 1. The number of hydrogen-bond acceptors (Lipinski definition) is 5. The lowest BCUT2D eigenvalue weighted by Crippen LogP contribution is -2.23. The van der Waals surface area contributed by atoms with Crippen molar-refractivity contribution in [2.45, 2.75) is 18.4 Å². The van der Waals surface area contributed by atoms with Gasteiger partial charge in [0.2, 0.25) is 10.0 Å². The minimum Gasteiger partial charge on any atom is -0.308 e. The predicted octanol–water partition coefficient (Wildman–Crippen LogP) is 1.15. The first-order valence-corrected chi connectivity index (χ1v) is 7.47. The van der Waals surface area contributed by atoms with Crippen molar-refractivity contribution in [3.05, 3.63) is 53.7 Å². The van der Waals surface area contributed by atoms with E-state index in [4.69, 9.17) is 5.84 Å². The molecule has 0 saturated heterocycles. The minimum absolute atomic E-state index is 0.118. The quantitative estimate of drug-likeness (QED) is 0.567. The Labute approximate surface area is 118 Å². The zero-order valence-corrected chi connectivity index (χ0v) is 11.8. The molecule has 1 aromatic carbocycles. The molecule has 0 bridgehead atoms. The first-order chi connectivity index (χ1) is 9.51. The summed E-state index contributed by atoms with van der Waals surface area (Å²) in [5, 5.41) is 0. The molecule has 106 valence electrons. The molecule has 2 aromatic rings. The number of pyridine rings is 1. The van der Waals surface area contributed by atoms with E-state index in [9.17, 15) is 8.42 Å². The number of nitrogens with one attached hydrogen (secondary N) is 2. The number of hydrazine groups is 1. The number of sulfonamides is 1. The van der Waals surface area contributed by atoms with Crippen LogP contribution in [0.5, 0.6) is 0 Å². The van der Waals surface area contributed by atoms with Gasteiger partial charge in [0, 0.05) is 18.8 Å². The molecule has 0 aliphatic heterocycles. The standard InChI is InChI=1S/C13H16N4O2S/c1-10-2-4-11(5-3-10)9-16-20(18,19)12-6-7-15-13(8-12)17-14/h2-8,16H,9,14H2,1H3,(H,15,17). The predicted molar refractivity (Wildman–Crippen MR) is 77.3 cm³/mol. The third-order valence-corrected chi connectivity index (χ3v) is 4.18. The summed E-state index contributed by atoms with van der Waals surface area (Å²) in [5.41, 5.74) is 4.34. The van der Waals surface area contributed by atoms with Crippen LogP contribution < -0.4 is 16.0 Å². The normalized spacial score (nSPS) is 11.3. The van der Waals surface area contributed by atoms with Crippen LogP contribution in [0.2, 0.25) is 0 Å². The van der Waals surface area contributed by atoms with Crippen molar-refractivity contribution in [1.29, 1.82) is 0 Å². The number of aromatic nitrogens is 1. The molecule has 0 radical (unpaired) electrons. The van der Waals surface area contributed by atoms with Gasteiger partial charge in [0.15, 0.2) is 0 Å². The molecule has 0 atom stereocenters. The minimum atomic E-state index is -3.59. The van der Waals surface area contributed by atoms with E-state index in [1.165, 1.54) is 18.3 Å². The summed E-state index contributed by atoms with van der Waals surface area (Å²) in [6, 6.07) is 10.4. The van der Waals surface area contributed by atoms with Crippen LogP contribution in [0.1, 0.15) is 11.1 Å². The van der Waals surface area contributed by atoms with E-state index < -0.39 is 10.0 Å². The molecule has 2 rings (SSSR count). The molecule has 20 heavy (non-hydrogen) atoms. The highest BCUT2D eigenvalue weighted by Gasteiger charge is 2.14. The second-order valence-electron chi connectivity index (χ2n) is 4.33. The lowest BCUT2D eigenvalue weighted by Gasteiger charge is -2.08. The van der Waals surface area contributed by atoms with Crippen LogP contribution in [0, 0.1) is 6.92 Å². The average Bonchev–Trinajstić information content (AvgIpc) is 2.47. The molecule has 0 fully saturated rings. The first kappa shape index (κ1) is 14.4. The van der Waals surface area contributed by atoms with Crippen molar-refractivity contribution < 1.29 is 8.42 Å². The number of rotatable bonds is 5. The zero-order valence-electron chi connectivity index (χ0n) is 11.0. The summed E-state index contributed by atoms with van der Waals surface area (Å²) in [7, 11) is -3.59. The summed E-state index contributed by atoms with van der Waals surface area (Å²) >= 11 is 0. The van der Waals surface area contributed by atoms with Crippen molar-refractivity contribution in [2.75, 3.05) is 5.43 Å². The Balaban J connectivity index is 2.12. The average molecular weight is 292 g/mol. The molecule has 6 nitrogen and oxygen atoms in total. The first-order valence-electron chi connectivity index (χ1n) is 5.99. The zero-order chi connectivity index (χ0) is 14.6. The Morgan fingerprint density at radius 1 is 1.20 bits per heavy atom. The van der Waals surface area contributed by atoms with Gasteiger partial charge in [-0.15, -0.1) is 0 Å². The summed E-state index contributed by atoms with van der Waals surface area (Å²) in [5.74, 6) is 5.51. The largest absolute Gasteiger partial charge is 0.308 e. The third kappa shape index (κ3) is 3.53. The number of nitrogens with zero attached hydrogens (tertiary/aromatic N) is 1. The van der Waals surface area contributed by atoms with Crippen LogP contribution in [0.15, 0.2) is 47.5 Å². The van der Waals surface area contributed by atoms with Gasteiger partial charge >= 0.3 is 0 Å². The number of hydrogen-bond donors (Lipinski definition) is 3. The summed E-state index contributed by atoms with van der Waals surface area (Å²) in [6.07, 6.45) is 1.38. The van der Waals surface area contributed by atoms with E-state index >= 15 is 0 Å². The maximum absolute atomic E-state index is 12.1. The van der Waals surface area contributed by atoms with E-state index in [-0.39, 0.29) is 11.4 Å². The summed E-state index contributed by atoms with van der Waals surface area (Å²) < 4.78 is 26.8. The fraction of sp³-hybridized carbons (Fsp3) is 0.154. The smallest absolute Gasteiger partial charge is 0.241 e. The van der Waals surface area contributed by atoms with Crippen LogP contribution >= 0.6 is 0 Å². The fourth-order valence-corrected chi connectivity index (χ4v) is 2.65. The van der Waals surface area contributed by atoms with E-state index in [1.54, 1.807) is 0 Å². The maximum atomic E-state index is 12.1. The highest BCUT2D eigenvalue weighted by molar-refractivity contribution is 7.89. The molecule has 0 saturated carbocycles. The van der Waals surface area contributed by atoms with Gasteiger partial charge in [-0.1, -0.05) is 29.8 Å². The van der Waals surface area contributed by atoms with Gasteiger partial charge in [-0.05, 0) is 18.6 Å². The van der Waals surface area contributed by atoms with Crippen molar-refractivity contribution in [2.24, 2.45) is 5.84 Å². The van der Waals surface area contributed by atoms with Gasteiger partial charge in [-0.2, -0.15) is 0 Å².